The summed E-state index contributed by atoms with van der Waals surface area (Å²) in [5.74, 6) is 1.29. The molecule has 0 aliphatic heterocycles. The van der Waals surface area contributed by atoms with Gasteiger partial charge in [-0.15, -0.1) is 0 Å². The van der Waals surface area contributed by atoms with Crippen molar-refractivity contribution in [3.63, 3.8) is 0 Å². The molecule has 1 aromatic heterocycles. The Kier molecular flexibility index (Phi) is 8.55. The topological polar surface area (TPSA) is 73.6 Å². The molecular formula is C28H35N5O. The van der Waals surface area contributed by atoms with Gasteiger partial charge < -0.3 is 15.3 Å². The second kappa shape index (κ2) is 11.6. The molecule has 0 saturated heterocycles. The van der Waals surface area contributed by atoms with Crippen LogP contribution in [0.5, 0.6) is 0 Å². The van der Waals surface area contributed by atoms with Crippen molar-refractivity contribution in [2.75, 3.05) is 26.5 Å². The first-order chi connectivity index (χ1) is 16.3. The Balaban J connectivity index is 2.10. The van der Waals surface area contributed by atoms with Crippen molar-refractivity contribution in [1.29, 1.82) is 0 Å². The molecule has 0 bridgehead atoms. The molecule has 1 aliphatic rings. The van der Waals surface area contributed by atoms with Crippen LogP contribution in [0.3, 0.4) is 0 Å². The lowest BCUT2D eigenvalue weighted by atomic mass is 10.0. The summed E-state index contributed by atoms with van der Waals surface area (Å²) >= 11 is 0. The van der Waals surface area contributed by atoms with Crippen LogP contribution in [0.2, 0.25) is 0 Å². The highest BCUT2D eigenvalue weighted by molar-refractivity contribution is 6.12. The van der Waals surface area contributed by atoms with Crippen molar-refractivity contribution in [2.45, 2.75) is 38.3 Å². The number of anilines is 1. The molecule has 1 aliphatic carbocycles. The Morgan fingerprint density at radius 2 is 2.06 bits per heavy atom. The number of nitrogens with zero attached hydrogens (tertiary/aromatic N) is 4. The van der Waals surface area contributed by atoms with E-state index in [0.29, 0.717) is 11.6 Å². The predicted octanol–water partition coefficient (Wildman–Crippen LogP) is 5.22. The monoisotopic (exact) mass is 457 g/mol. The number of hydrogen-bond acceptors (Lipinski definition) is 6. The van der Waals surface area contributed by atoms with Gasteiger partial charge in [0.25, 0.3) is 0 Å². The third-order valence-corrected chi connectivity index (χ3v) is 5.64. The number of nitrogens with one attached hydrogen (secondary N) is 1. The van der Waals surface area contributed by atoms with Gasteiger partial charge in [0, 0.05) is 56.5 Å². The lowest BCUT2D eigenvalue weighted by Crippen LogP contribution is -2.29. The van der Waals surface area contributed by atoms with Crippen LogP contribution >= 0.6 is 0 Å². The molecule has 1 fully saturated rings. The first kappa shape index (κ1) is 25.1. The van der Waals surface area contributed by atoms with E-state index in [4.69, 9.17) is 9.97 Å². The van der Waals surface area contributed by atoms with E-state index < -0.39 is 6.10 Å². The van der Waals surface area contributed by atoms with E-state index >= 15 is 0 Å². The van der Waals surface area contributed by atoms with Crippen LogP contribution in [-0.4, -0.2) is 59.5 Å². The minimum absolute atomic E-state index is 0.0483. The zero-order valence-electron chi connectivity index (χ0n) is 20.6. The van der Waals surface area contributed by atoms with Crippen LogP contribution in [0.1, 0.15) is 37.3 Å². The van der Waals surface area contributed by atoms with E-state index in [1.54, 1.807) is 13.3 Å². The SMILES string of the molecule is C=C/C(=C\N(C)C)c1cccc(-c2ncc(C(/C=N\C)=C/C(=C)C)c(N[C@H]3CCC[C@H]3O)n2)c1. The van der Waals surface area contributed by atoms with Crippen molar-refractivity contribution in [2.24, 2.45) is 4.99 Å². The molecule has 0 unspecified atom stereocenters. The number of aliphatic hydroxyl groups is 1. The Bertz CT molecular complexity index is 1130. The number of aliphatic imine (C=N–C) groups is 1. The summed E-state index contributed by atoms with van der Waals surface area (Å²) in [6.07, 6.45) is 11.7. The van der Waals surface area contributed by atoms with E-state index in [9.17, 15) is 5.11 Å². The Hall–Kier alpha value is -3.51. The zero-order chi connectivity index (χ0) is 24.7. The standard InChI is InChI=1S/C28H35N5O/c1-7-20(18-33(5)6)21-10-8-11-22(15-21)27-30-17-24(23(16-29-4)14-19(2)3)28(32-27)31-25-12-9-13-26(25)34/h7-8,10-11,14-18,25-26,34H,1-2,9,12-13H2,3-6H3,(H,30,31,32)/b20-18+,23-14+,29-16-/t25-,26+/m0/s1. The van der Waals surface area contributed by atoms with Gasteiger partial charge in [0.2, 0.25) is 0 Å². The first-order valence-corrected chi connectivity index (χ1v) is 11.5. The summed E-state index contributed by atoms with van der Waals surface area (Å²) in [4.78, 5) is 15.8. The van der Waals surface area contributed by atoms with Crippen LogP contribution in [0.15, 0.2) is 72.5 Å². The van der Waals surface area contributed by atoms with Gasteiger partial charge >= 0.3 is 0 Å². The molecule has 2 aromatic rings. The molecule has 0 amide bonds. The fourth-order valence-electron chi connectivity index (χ4n) is 4.08. The lowest BCUT2D eigenvalue weighted by Gasteiger charge is -2.20. The molecule has 178 valence electrons. The van der Waals surface area contributed by atoms with Crippen molar-refractivity contribution in [3.05, 3.63) is 78.7 Å². The quantitative estimate of drug-likeness (QED) is 0.399. The van der Waals surface area contributed by atoms with E-state index in [1.165, 1.54) is 0 Å². The first-order valence-electron chi connectivity index (χ1n) is 11.5. The largest absolute Gasteiger partial charge is 0.391 e. The fourth-order valence-corrected chi connectivity index (χ4v) is 4.08. The van der Waals surface area contributed by atoms with E-state index in [1.807, 2.05) is 68.7 Å². The van der Waals surface area contributed by atoms with Crippen molar-refractivity contribution < 1.29 is 5.11 Å². The number of rotatable bonds is 9. The Labute approximate surface area is 203 Å². The third-order valence-electron chi connectivity index (χ3n) is 5.64. The molecule has 6 nitrogen and oxygen atoms in total. The molecule has 34 heavy (non-hydrogen) atoms. The van der Waals surface area contributed by atoms with Crippen LogP contribution in [0.25, 0.3) is 22.5 Å². The maximum atomic E-state index is 10.4. The van der Waals surface area contributed by atoms with Gasteiger partial charge in [-0.3, -0.25) is 4.99 Å². The van der Waals surface area contributed by atoms with Gasteiger partial charge in [0.1, 0.15) is 5.82 Å². The Morgan fingerprint density at radius 3 is 2.68 bits per heavy atom. The number of hydrogen-bond donors (Lipinski definition) is 2. The third kappa shape index (κ3) is 6.29. The van der Waals surface area contributed by atoms with Crippen molar-refractivity contribution in [1.82, 2.24) is 14.9 Å². The molecule has 0 spiro atoms. The summed E-state index contributed by atoms with van der Waals surface area (Å²) in [6.45, 7) is 9.91. The average Bonchev–Trinajstić information content (AvgIpc) is 3.21. The summed E-state index contributed by atoms with van der Waals surface area (Å²) < 4.78 is 0. The fraction of sp³-hybridized carbons (Fsp3) is 0.321. The number of aliphatic hydroxyl groups excluding tert-OH is 1. The second-order valence-electron chi connectivity index (χ2n) is 8.87. The lowest BCUT2D eigenvalue weighted by molar-refractivity contribution is 0.171. The molecule has 3 rings (SSSR count). The molecule has 1 saturated carbocycles. The molecule has 1 aromatic carbocycles. The highest BCUT2D eigenvalue weighted by Gasteiger charge is 2.26. The van der Waals surface area contributed by atoms with Gasteiger partial charge in [0.05, 0.1) is 12.1 Å². The molecule has 1 heterocycles. The molecular weight excluding hydrogens is 422 g/mol. The van der Waals surface area contributed by atoms with Crippen LogP contribution in [0, 0.1) is 0 Å². The van der Waals surface area contributed by atoms with Crippen LogP contribution in [-0.2, 0) is 0 Å². The molecule has 2 N–H and O–H groups in total. The molecule has 0 radical (unpaired) electrons. The maximum Gasteiger partial charge on any atom is 0.161 e. The number of benzene rings is 1. The minimum Gasteiger partial charge on any atom is -0.391 e. The second-order valence-corrected chi connectivity index (χ2v) is 8.87. The van der Waals surface area contributed by atoms with Gasteiger partial charge in [-0.2, -0.15) is 0 Å². The highest BCUT2D eigenvalue weighted by Crippen LogP contribution is 2.30. The van der Waals surface area contributed by atoms with Crippen LogP contribution in [0.4, 0.5) is 5.82 Å². The van der Waals surface area contributed by atoms with Gasteiger partial charge in [-0.25, -0.2) is 9.97 Å². The van der Waals surface area contributed by atoms with Crippen LogP contribution < -0.4 is 5.32 Å². The summed E-state index contributed by atoms with van der Waals surface area (Å²) in [6, 6.07) is 8.07. The van der Waals surface area contributed by atoms with Gasteiger partial charge in [-0.1, -0.05) is 49.1 Å². The summed E-state index contributed by atoms with van der Waals surface area (Å²) in [5.41, 5.74) is 5.56. The number of aromatic nitrogens is 2. The van der Waals surface area contributed by atoms with E-state index in [-0.39, 0.29) is 6.04 Å². The van der Waals surface area contributed by atoms with Crippen molar-refractivity contribution >= 4 is 23.2 Å². The highest BCUT2D eigenvalue weighted by atomic mass is 16.3. The zero-order valence-corrected chi connectivity index (χ0v) is 20.6. The summed E-state index contributed by atoms with van der Waals surface area (Å²) in [5, 5.41) is 13.9. The Morgan fingerprint density at radius 1 is 1.26 bits per heavy atom. The number of allylic oxidation sites excluding steroid dienone is 5. The maximum absolute atomic E-state index is 10.4. The summed E-state index contributed by atoms with van der Waals surface area (Å²) in [7, 11) is 5.71. The van der Waals surface area contributed by atoms with Gasteiger partial charge in [-0.05, 0) is 43.4 Å². The molecule has 2 atom stereocenters. The van der Waals surface area contributed by atoms with E-state index in [2.05, 4.69) is 29.5 Å². The molecule has 6 heteroatoms. The average molecular weight is 458 g/mol. The smallest absolute Gasteiger partial charge is 0.161 e. The minimum atomic E-state index is -0.394. The van der Waals surface area contributed by atoms with E-state index in [0.717, 1.165) is 52.7 Å². The normalized spacial score (nSPS) is 18.9. The van der Waals surface area contributed by atoms with Crippen molar-refractivity contribution in [3.8, 4) is 11.4 Å². The van der Waals surface area contributed by atoms with Gasteiger partial charge in [0.15, 0.2) is 5.82 Å². The predicted molar refractivity (Wildman–Crippen MR) is 144 cm³/mol.